The first-order chi connectivity index (χ1) is 15.3. The Morgan fingerprint density at radius 3 is 1.33 bits per heavy atom. The lowest BCUT2D eigenvalue weighted by Gasteiger charge is -2.46. The summed E-state index contributed by atoms with van der Waals surface area (Å²) in [6, 6.07) is 0. The molecule has 0 aromatic carbocycles. The molecule has 1 atom stereocenters. The third-order valence-corrected chi connectivity index (χ3v) is 5.22. The summed E-state index contributed by atoms with van der Waals surface area (Å²) >= 11 is 0. The minimum atomic E-state index is -3.80. The third-order valence-electron chi connectivity index (χ3n) is 5.22. The second-order valence-corrected chi connectivity index (χ2v) is 7.08. The molecule has 0 rings (SSSR count). The molecule has 0 aliphatic carbocycles. The molecular formula is C21H28O12. The highest BCUT2D eigenvalue weighted by atomic mass is 16.6. The molecule has 0 saturated carbocycles. The molecule has 184 valence electrons. The molecule has 0 spiro atoms. The first-order valence-electron chi connectivity index (χ1n) is 10.2. The van der Waals surface area contributed by atoms with E-state index in [1.807, 2.05) is 0 Å². The number of hydrogen-bond donors (Lipinski definition) is 3. The van der Waals surface area contributed by atoms with Crippen LogP contribution in [0, 0.1) is 5.41 Å². The normalized spacial score (nSPS) is 12.5. The molecule has 0 saturated heterocycles. The summed E-state index contributed by atoms with van der Waals surface area (Å²) in [6.45, 7) is 1.35. The lowest BCUT2D eigenvalue weighted by Crippen LogP contribution is -2.73. The van der Waals surface area contributed by atoms with Gasteiger partial charge >= 0.3 is 5.97 Å². The number of ketones is 7. The minimum Gasteiger partial charge on any atom is -0.435 e. The van der Waals surface area contributed by atoms with Gasteiger partial charge in [0.2, 0.25) is 28.9 Å². The van der Waals surface area contributed by atoms with Gasteiger partial charge in [-0.25, -0.2) is 4.79 Å². The minimum absolute atomic E-state index is 0.479. The number of aliphatic hydroxyl groups is 3. The van der Waals surface area contributed by atoms with Crippen molar-refractivity contribution in [3.05, 3.63) is 0 Å². The van der Waals surface area contributed by atoms with Crippen molar-refractivity contribution in [1.82, 2.24) is 0 Å². The van der Waals surface area contributed by atoms with Gasteiger partial charge in [-0.3, -0.25) is 33.6 Å². The van der Waals surface area contributed by atoms with Crippen LogP contribution in [-0.2, 0) is 43.1 Å². The lowest BCUT2D eigenvalue weighted by atomic mass is 9.61. The van der Waals surface area contributed by atoms with Gasteiger partial charge in [0.15, 0.2) is 0 Å². The van der Waals surface area contributed by atoms with E-state index in [9.17, 15) is 53.7 Å². The highest BCUT2D eigenvalue weighted by Gasteiger charge is 2.71. The smallest absolute Gasteiger partial charge is 0.376 e. The fourth-order valence-electron chi connectivity index (χ4n) is 3.02. The summed E-state index contributed by atoms with van der Waals surface area (Å²) in [5.74, 6) is -13.0. The van der Waals surface area contributed by atoms with Crippen molar-refractivity contribution in [2.75, 3.05) is 13.2 Å². The molecule has 0 heterocycles. The first-order valence-corrected chi connectivity index (χ1v) is 10.2. The van der Waals surface area contributed by atoms with Crippen molar-refractivity contribution >= 4 is 46.5 Å². The van der Waals surface area contributed by atoms with E-state index in [2.05, 4.69) is 0 Å². The topological polar surface area (TPSA) is 206 Å². The van der Waals surface area contributed by atoms with E-state index in [4.69, 9.17) is 4.74 Å². The predicted molar refractivity (Wildman–Crippen MR) is 108 cm³/mol. The summed E-state index contributed by atoms with van der Waals surface area (Å²) in [5.41, 5.74) is -7.07. The Morgan fingerprint density at radius 2 is 1.03 bits per heavy atom. The fraction of sp³-hybridized carbons (Fsp3) is 0.619. The van der Waals surface area contributed by atoms with E-state index in [0.29, 0.717) is 0 Å². The average molecular weight is 472 g/mol. The number of ether oxygens (including phenoxy) is 1. The molecule has 33 heavy (non-hydrogen) atoms. The predicted octanol–water partition coefficient (Wildman–Crippen LogP) is -1.78. The average Bonchev–Trinajstić information content (AvgIpc) is 2.84. The van der Waals surface area contributed by atoms with Crippen molar-refractivity contribution in [2.24, 2.45) is 5.41 Å². The largest absolute Gasteiger partial charge is 0.435 e. The number of carbonyl (C=O) groups excluding carboxylic acids is 8. The molecule has 0 bridgehead atoms. The Hall–Kier alpha value is -2.96. The number of esters is 1. The van der Waals surface area contributed by atoms with Crippen LogP contribution in [0.15, 0.2) is 0 Å². The highest BCUT2D eigenvalue weighted by Crippen LogP contribution is 2.41. The van der Waals surface area contributed by atoms with E-state index in [1.54, 1.807) is 0 Å². The standard InChI is InChI=1S/C21H28O12/c1-5-11(24)15(28)18(31)20(9-22,10-23)21(16(29)12(25)6-2,17(30)13(26)7-3)33-19(32)14(27)8-4/h18,22-23,31H,5-10H2,1-4H3. The van der Waals surface area contributed by atoms with Crippen LogP contribution < -0.4 is 0 Å². The van der Waals surface area contributed by atoms with E-state index in [1.165, 1.54) is 13.8 Å². The molecule has 1 unspecified atom stereocenters. The Balaban J connectivity index is 7.63. The first kappa shape index (κ1) is 30.0. The van der Waals surface area contributed by atoms with Crippen molar-refractivity contribution in [3.8, 4) is 0 Å². The Morgan fingerprint density at radius 1 is 0.667 bits per heavy atom. The van der Waals surface area contributed by atoms with Gasteiger partial charge in [-0.15, -0.1) is 0 Å². The van der Waals surface area contributed by atoms with Crippen molar-refractivity contribution in [3.63, 3.8) is 0 Å². The molecule has 0 aliphatic heterocycles. The SMILES string of the molecule is CCC(=O)C(=O)OC(C(=O)C(=O)CC)(C(=O)C(=O)CC)C(CO)(CO)C(O)C(=O)C(=O)CC. The zero-order chi connectivity index (χ0) is 26.1. The van der Waals surface area contributed by atoms with Gasteiger partial charge < -0.3 is 20.1 Å². The molecule has 0 aliphatic rings. The molecule has 0 aromatic rings. The maximum absolute atomic E-state index is 13.2. The monoisotopic (exact) mass is 472 g/mol. The lowest BCUT2D eigenvalue weighted by molar-refractivity contribution is -0.211. The third kappa shape index (κ3) is 5.34. The number of Topliss-reactive ketones (excluding diaryl/α,β-unsaturated/α-hetero) is 7. The summed E-state index contributed by atoms with van der Waals surface area (Å²) in [6.07, 6.45) is -5.13. The van der Waals surface area contributed by atoms with Gasteiger partial charge in [0.1, 0.15) is 11.5 Å². The van der Waals surface area contributed by atoms with E-state index in [0.717, 1.165) is 13.8 Å². The summed E-state index contributed by atoms with van der Waals surface area (Å²) in [5, 5.41) is 30.9. The second kappa shape index (κ2) is 12.3. The summed E-state index contributed by atoms with van der Waals surface area (Å²) in [4.78, 5) is 99.8. The second-order valence-electron chi connectivity index (χ2n) is 7.08. The van der Waals surface area contributed by atoms with Gasteiger partial charge in [0.05, 0.1) is 13.2 Å². The summed E-state index contributed by atoms with van der Waals surface area (Å²) < 4.78 is 4.82. The molecule has 12 nitrogen and oxygen atoms in total. The van der Waals surface area contributed by atoms with Crippen LogP contribution >= 0.6 is 0 Å². The van der Waals surface area contributed by atoms with Gasteiger partial charge in [0, 0.05) is 25.7 Å². The quantitative estimate of drug-likeness (QED) is 0.129. The van der Waals surface area contributed by atoms with Crippen molar-refractivity contribution < 1.29 is 58.4 Å². The molecule has 0 aromatic heterocycles. The molecule has 0 fully saturated rings. The van der Waals surface area contributed by atoms with E-state index in [-0.39, 0.29) is 0 Å². The zero-order valence-electron chi connectivity index (χ0n) is 18.8. The molecule has 3 N–H and O–H groups in total. The van der Waals surface area contributed by atoms with Crippen molar-refractivity contribution in [2.45, 2.75) is 65.1 Å². The van der Waals surface area contributed by atoms with Crippen LogP contribution in [0.3, 0.4) is 0 Å². The Bertz CT molecular complexity index is 821. The van der Waals surface area contributed by atoms with E-state index < -0.39 is 102 Å². The van der Waals surface area contributed by atoms with Gasteiger partial charge in [-0.1, -0.05) is 27.7 Å². The zero-order valence-corrected chi connectivity index (χ0v) is 18.8. The van der Waals surface area contributed by atoms with E-state index >= 15 is 0 Å². The highest BCUT2D eigenvalue weighted by molar-refractivity contribution is 6.55. The number of carbonyl (C=O) groups is 8. The maximum Gasteiger partial charge on any atom is 0.376 e. The van der Waals surface area contributed by atoms with Crippen LogP contribution in [0.4, 0.5) is 0 Å². The van der Waals surface area contributed by atoms with Crippen LogP contribution in [-0.4, -0.2) is 86.7 Å². The van der Waals surface area contributed by atoms with Gasteiger partial charge in [-0.2, -0.15) is 0 Å². The van der Waals surface area contributed by atoms with Crippen LogP contribution in [0.1, 0.15) is 53.4 Å². The summed E-state index contributed by atoms with van der Waals surface area (Å²) in [7, 11) is 0. The number of hydrogen-bond acceptors (Lipinski definition) is 12. The number of aliphatic hydroxyl groups excluding tert-OH is 3. The fourth-order valence-corrected chi connectivity index (χ4v) is 3.02. The molecule has 12 heteroatoms. The maximum atomic E-state index is 13.2. The molecule has 0 radical (unpaired) electrons. The van der Waals surface area contributed by atoms with Crippen molar-refractivity contribution in [1.29, 1.82) is 0 Å². The van der Waals surface area contributed by atoms with Gasteiger partial charge in [0.25, 0.3) is 17.2 Å². The Kier molecular flexibility index (Phi) is 11.2. The Labute approximate surface area is 189 Å². The van der Waals surface area contributed by atoms with Crippen LogP contribution in [0.5, 0.6) is 0 Å². The van der Waals surface area contributed by atoms with Gasteiger partial charge in [-0.05, 0) is 0 Å². The molecular weight excluding hydrogens is 444 g/mol. The van der Waals surface area contributed by atoms with Crippen LogP contribution in [0.25, 0.3) is 0 Å². The number of rotatable bonds is 16. The molecule has 0 amide bonds. The van der Waals surface area contributed by atoms with Crippen LogP contribution in [0.2, 0.25) is 0 Å².